The number of nitrogens with zero attached hydrogens (tertiary/aromatic N) is 1. The van der Waals surface area contributed by atoms with Crippen molar-refractivity contribution in [3.8, 4) is 0 Å². The number of fused-ring (bicyclic) bond motifs is 1. The smallest absolute Gasteiger partial charge is 0.0490 e. The molecule has 0 atom stereocenters. The Bertz CT molecular complexity index is 417. The molecule has 0 spiro atoms. The lowest BCUT2D eigenvalue weighted by molar-refractivity contribution is 0.0450. The van der Waals surface area contributed by atoms with Crippen molar-refractivity contribution in [1.29, 1.82) is 0 Å². The average molecular weight is 231 g/mol. The summed E-state index contributed by atoms with van der Waals surface area (Å²) < 4.78 is 0. The lowest BCUT2D eigenvalue weighted by Crippen LogP contribution is -2.35. The molecule has 2 nitrogen and oxygen atoms in total. The Kier molecular flexibility index (Phi) is 2.62. The van der Waals surface area contributed by atoms with E-state index in [2.05, 4.69) is 30.1 Å². The van der Waals surface area contributed by atoms with Crippen LogP contribution < -0.4 is 4.90 Å². The average Bonchev–Trinajstić information content (AvgIpc) is 2.65. The van der Waals surface area contributed by atoms with Crippen LogP contribution in [0.15, 0.2) is 18.2 Å². The SMILES string of the molecule is CN1CCc2cc(CC3(CO)CCC3)ccc21. The van der Waals surface area contributed by atoms with Crippen LogP contribution in [0, 0.1) is 5.41 Å². The van der Waals surface area contributed by atoms with Gasteiger partial charge in [0.2, 0.25) is 0 Å². The lowest BCUT2D eigenvalue weighted by atomic mass is 9.66. The fourth-order valence-electron chi connectivity index (χ4n) is 3.23. The molecule has 1 aromatic rings. The van der Waals surface area contributed by atoms with Crippen molar-refractivity contribution < 1.29 is 5.11 Å². The van der Waals surface area contributed by atoms with E-state index in [1.165, 1.54) is 42.5 Å². The molecule has 1 aliphatic carbocycles. The zero-order chi connectivity index (χ0) is 11.9. The number of hydrogen-bond donors (Lipinski definition) is 1. The maximum atomic E-state index is 9.53. The van der Waals surface area contributed by atoms with Gasteiger partial charge < -0.3 is 10.0 Å². The molecule has 0 unspecified atom stereocenters. The van der Waals surface area contributed by atoms with Gasteiger partial charge in [-0.25, -0.2) is 0 Å². The highest BCUT2D eigenvalue weighted by molar-refractivity contribution is 5.58. The second-order valence-corrected chi connectivity index (χ2v) is 5.82. The molecule has 3 rings (SSSR count). The number of hydrogen-bond acceptors (Lipinski definition) is 2. The molecule has 1 heterocycles. The summed E-state index contributed by atoms with van der Waals surface area (Å²) in [6, 6.07) is 6.85. The van der Waals surface area contributed by atoms with Gasteiger partial charge in [0.25, 0.3) is 0 Å². The Hall–Kier alpha value is -1.02. The predicted molar refractivity (Wildman–Crippen MR) is 70.5 cm³/mol. The van der Waals surface area contributed by atoms with E-state index in [1.807, 2.05) is 0 Å². The first-order chi connectivity index (χ1) is 8.22. The molecule has 0 aromatic heterocycles. The van der Waals surface area contributed by atoms with E-state index < -0.39 is 0 Å². The Balaban J connectivity index is 1.81. The molecule has 92 valence electrons. The largest absolute Gasteiger partial charge is 0.396 e. The summed E-state index contributed by atoms with van der Waals surface area (Å²) in [4.78, 5) is 2.32. The van der Waals surface area contributed by atoms with Crippen LogP contribution in [0.3, 0.4) is 0 Å². The highest BCUT2D eigenvalue weighted by atomic mass is 16.3. The van der Waals surface area contributed by atoms with Gasteiger partial charge in [-0.1, -0.05) is 18.6 Å². The van der Waals surface area contributed by atoms with Gasteiger partial charge in [0.1, 0.15) is 0 Å². The summed E-state index contributed by atoms with van der Waals surface area (Å²) in [5, 5.41) is 9.53. The van der Waals surface area contributed by atoms with Crippen LogP contribution >= 0.6 is 0 Å². The normalized spacial score (nSPS) is 21.2. The molecule has 0 radical (unpaired) electrons. The molecule has 0 bridgehead atoms. The fourth-order valence-corrected chi connectivity index (χ4v) is 3.23. The standard InChI is InChI=1S/C15H21NO/c1-16-8-5-13-9-12(3-4-14(13)16)10-15(11-17)6-2-7-15/h3-4,9,17H,2,5-8,10-11H2,1H3. The summed E-state index contributed by atoms with van der Waals surface area (Å²) in [6.45, 7) is 1.49. The number of benzene rings is 1. The van der Waals surface area contributed by atoms with E-state index in [4.69, 9.17) is 0 Å². The molecule has 0 saturated heterocycles. The van der Waals surface area contributed by atoms with Crippen molar-refractivity contribution in [2.24, 2.45) is 5.41 Å². The third kappa shape index (κ3) is 1.85. The third-order valence-corrected chi connectivity index (χ3v) is 4.60. The van der Waals surface area contributed by atoms with Crippen LogP contribution in [-0.2, 0) is 12.8 Å². The quantitative estimate of drug-likeness (QED) is 0.863. The van der Waals surface area contributed by atoms with Gasteiger partial charge in [-0.05, 0) is 48.3 Å². The fraction of sp³-hybridized carbons (Fsp3) is 0.600. The second kappa shape index (κ2) is 4.02. The van der Waals surface area contributed by atoms with Crippen LogP contribution in [-0.4, -0.2) is 25.3 Å². The highest BCUT2D eigenvalue weighted by Gasteiger charge is 2.36. The molecule has 0 amide bonds. The lowest BCUT2D eigenvalue weighted by Gasteiger charge is -2.40. The topological polar surface area (TPSA) is 23.5 Å². The van der Waals surface area contributed by atoms with Crippen molar-refractivity contribution in [2.45, 2.75) is 32.1 Å². The maximum absolute atomic E-state index is 9.53. The third-order valence-electron chi connectivity index (χ3n) is 4.60. The Morgan fingerprint density at radius 3 is 2.82 bits per heavy atom. The molecule has 1 N–H and O–H groups in total. The van der Waals surface area contributed by atoms with Crippen molar-refractivity contribution in [3.05, 3.63) is 29.3 Å². The van der Waals surface area contributed by atoms with E-state index in [0.29, 0.717) is 6.61 Å². The van der Waals surface area contributed by atoms with E-state index >= 15 is 0 Å². The molecule has 2 aliphatic rings. The molecular weight excluding hydrogens is 210 g/mol. The Morgan fingerprint density at radius 2 is 2.18 bits per heavy atom. The zero-order valence-electron chi connectivity index (χ0n) is 10.6. The van der Waals surface area contributed by atoms with Crippen LogP contribution in [0.25, 0.3) is 0 Å². The van der Waals surface area contributed by atoms with Crippen molar-refractivity contribution >= 4 is 5.69 Å². The number of rotatable bonds is 3. The number of aliphatic hydroxyl groups is 1. The maximum Gasteiger partial charge on any atom is 0.0490 e. The molecule has 1 fully saturated rings. The number of anilines is 1. The zero-order valence-corrected chi connectivity index (χ0v) is 10.6. The first-order valence-corrected chi connectivity index (χ1v) is 6.66. The van der Waals surface area contributed by atoms with Crippen molar-refractivity contribution in [3.63, 3.8) is 0 Å². The molecule has 1 saturated carbocycles. The van der Waals surface area contributed by atoms with E-state index in [9.17, 15) is 5.11 Å². The summed E-state index contributed by atoms with van der Waals surface area (Å²) in [6.07, 6.45) is 5.90. The minimum atomic E-state index is 0.207. The summed E-state index contributed by atoms with van der Waals surface area (Å²) in [7, 11) is 2.16. The minimum Gasteiger partial charge on any atom is -0.396 e. The second-order valence-electron chi connectivity index (χ2n) is 5.82. The first-order valence-electron chi connectivity index (χ1n) is 6.66. The monoisotopic (exact) mass is 231 g/mol. The van der Waals surface area contributed by atoms with Gasteiger partial charge in [-0.15, -0.1) is 0 Å². The van der Waals surface area contributed by atoms with Crippen LogP contribution in [0.4, 0.5) is 5.69 Å². The molecule has 2 heteroatoms. The van der Waals surface area contributed by atoms with Gasteiger partial charge in [0.05, 0.1) is 0 Å². The first kappa shape index (κ1) is 11.1. The Morgan fingerprint density at radius 1 is 1.35 bits per heavy atom. The summed E-state index contributed by atoms with van der Waals surface area (Å²) in [5.41, 5.74) is 4.49. The van der Waals surface area contributed by atoms with Crippen LogP contribution in [0.1, 0.15) is 30.4 Å². The van der Waals surface area contributed by atoms with Crippen molar-refractivity contribution in [2.75, 3.05) is 25.1 Å². The van der Waals surface area contributed by atoms with Crippen LogP contribution in [0.5, 0.6) is 0 Å². The Labute approximate surface area is 103 Å². The summed E-state index contributed by atoms with van der Waals surface area (Å²) >= 11 is 0. The molecule has 1 aromatic carbocycles. The van der Waals surface area contributed by atoms with Gasteiger partial charge in [-0.3, -0.25) is 0 Å². The van der Waals surface area contributed by atoms with E-state index in [0.717, 1.165) is 13.0 Å². The molecular formula is C15H21NO. The van der Waals surface area contributed by atoms with E-state index in [-0.39, 0.29) is 5.41 Å². The van der Waals surface area contributed by atoms with Gasteiger partial charge in [0.15, 0.2) is 0 Å². The minimum absolute atomic E-state index is 0.207. The number of likely N-dealkylation sites (N-methyl/N-ethyl adjacent to an activating group) is 1. The molecule has 17 heavy (non-hydrogen) atoms. The van der Waals surface area contributed by atoms with E-state index in [1.54, 1.807) is 0 Å². The summed E-state index contributed by atoms with van der Waals surface area (Å²) in [5.74, 6) is 0. The molecule has 1 aliphatic heterocycles. The van der Waals surface area contributed by atoms with Crippen molar-refractivity contribution in [1.82, 2.24) is 0 Å². The van der Waals surface area contributed by atoms with Gasteiger partial charge in [-0.2, -0.15) is 0 Å². The van der Waals surface area contributed by atoms with Gasteiger partial charge >= 0.3 is 0 Å². The highest BCUT2D eigenvalue weighted by Crippen LogP contribution is 2.43. The van der Waals surface area contributed by atoms with Crippen LogP contribution in [0.2, 0.25) is 0 Å². The predicted octanol–water partition coefficient (Wildman–Crippen LogP) is 2.38. The number of aliphatic hydroxyl groups excluding tert-OH is 1. The van der Waals surface area contributed by atoms with Gasteiger partial charge in [0, 0.05) is 25.9 Å².